The Morgan fingerprint density at radius 2 is 1.42 bits per heavy atom. The highest BCUT2D eigenvalue weighted by atomic mass is 16.3. The van der Waals surface area contributed by atoms with Crippen LogP contribution in [0, 0.1) is 5.41 Å². The summed E-state index contributed by atoms with van der Waals surface area (Å²) >= 11 is 0. The second kappa shape index (κ2) is 2.44. The maximum atomic E-state index is 9.47. The Morgan fingerprint density at radius 1 is 1.00 bits per heavy atom. The lowest BCUT2D eigenvalue weighted by Crippen LogP contribution is -2.57. The van der Waals surface area contributed by atoms with Gasteiger partial charge in [0.15, 0.2) is 0 Å². The number of hydrogen-bond donors (Lipinski definition) is 3. The normalized spacial score (nSPS) is 49.2. The highest BCUT2D eigenvalue weighted by Gasteiger charge is 2.49. The van der Waals surface area contributed by atoms with Crippen molar-refractivity contribution in [2.24, 2.45) is 16.9 Å². The molecule has 0 aromatic rings. The van der Waals surface area contributed by atoms with Crippen molar-refractivity contribution in [2.45, 2.75) is 50.3 Å². The van der Waals surface area contributed by atoms with E-state index in [2.05, 4.69) is 0 Å². The van der Waals surface area contributed by atoms with Gasteiger partial charge < -0.3 is 16.6 Å². The van der Waals surface area contributed by atoms with Crippen LogP contribution in [-0.2, 0) is 0 Å². The minimum atomic E-state index is -0.637. The van der Waals surface area contributed by atoms with Gasteiger partial charge in [-0.2, -0.15) is 0 Å². The fourth-order valence-corrected chi connectivity index (χ4v) is 2.69. The lowest BCUT2D eigenvalue weighted by atomic mass is 9.57. The van der Waals surface area contributed by atoms with E-state index in [1.807, 2.05) is 0 Å². The van der Waals surface area contributed by atoms with E-state index in [0.29, 0.717) is 0 Å². The van der Waals surface area contributed by atoms with Crippen molar-refractivity contribution in [1.29, 1.82) is 0 Å². The number of nitrogens with two attached hydrogens (primary N) is 2. The third-order valence-corrected chi connectivity index (χ3v) is 3.99. The molecule has 1 unspecified atom stereocenters. The van der Waals surface area contributed by atoms with Crippen LogP contribution in [0.25, 0.3) is 0 Å². The molecule has 1 atom stereocenters. The summed E-state index contributed by atoms with van der Waals surface area (Å²) < 4.78 is 0. The van der Waals surface area contributed by atoms with Gasteiger partial charge in [-0.15, -0.1) is 0 Å². The smallest absolute Gasteiger partial charge is 0.108 e. The van der Waals surface area contributed by atoms with Crippen molar-refractivity contribution >= 4 is 0 Å². The Hall–Kier alpha value is -0.120. The average molecular weight is 170 g/mol. The van der Waals surface area contributed by atoms with Crippen LogP contribution < -0.4 is 11.5 Å². The second-order valence-corrected chi connectivity index (χ2v) is 4.67. The summed E-state index contributed by atoms with van der Waals surface area (Å²) in [6.07, 6.45) is 5.54. The number of rotatable bonds is 1. The molecular formula is C9H18N2O. The highest BCUT2D eigenvalue weighted by molar-refractivity contribution is 5.03. The molecule has 70 valence electrons. The molecule has 0 spiro atoms. The van der Waals surface area contributed by atoms with Crippen molar-refractivity contribution in [3.8, 4) is 0 Å². The summed E-state index contributed by atoms with van der Waals surface area (Å²) in [5, 5.41) is 9.47. The molecule has 3 rings (SSSR count). The first-order valence-corrected chi connectivity index (χ1v) is 4.79. The Morgan fingerprint density at radius 3 is 1.75 bits per heavy atom. The fraction of sp³-hybridized carbons (Fsp3) is 1.00. The van der Waals surface area contributed by atoms with E-state index in [1.165, 1.54) is 0 Å². The van der Waals surface area contributed by atoms with Gasteiger partial charge in [-0.25, -0.2) is 0 Å². The third-order valence-electron chi connectivity index (χ3n) is 3.99. The minimum absolute atomic E-state index is 0.0150. The summed E-state index contributed by atoms with van der Waals surface area (Å²) in [6.45, 7) is 0. The van der Waals surface area contributed by atoms with Crippen LogP contribution in [0.5, 0.6) is 0 Å². The highest BCUT2D eigenvalue weighted by Crippen LogP contribution is 2.52. The van der Waals surface area contributed by atoms with Gasteiger partial charge in [0.1, 0.15) is 6.23 Å². The van der Waals surface area contributed by atoms with E-state index in [0.717, 1.165) is 38.5 Å². The molecule has 3 saturated carbocycles. The monoisotopic (exact) mass is 170 g/mol. The van der Waals surface area contributed by atoms with Crippen molar-refractivity contribution in [2.75, 3.05) is 0 Å². The first kappa shape index (κ1) is 8.48. The molecule has 3 heteroatoms. The van der Waals surface area contributed by atoms with Gasteiger partial charge in [-0.3, -0.25) is 0 Å². The molecular weight excluding hydrogens is 152 g/mol. The Labute approximate surface area is 73.1 Å². The standard InChI is InChI=1S/C9H18N2O/c10-7(12)8-1-4-9(11,5-2-8)6-3-8/h7,12H,1-6,10-11H2. The number of hydrogen-bond acceptors (Lipinski definition) is 3. The van der Waals surface area contributed by atoms with Crippen LogP contribution in [0.1, 0.15) is 38.5 Å². The van der Waals surface area contributed by atoms with E-state index in [-0.39, 0.29) is 11.0 Å². The maximum absolute atomic E-state index is 9.47. The molecule has 0 saturated heterocycles. The van der Waals surface area contributed by atoms with Crippen molar-refractivity contribution < 1.29 is 5.11 Å². The van der Waals surface area contributed by atoms with Crippen LogP contribution in [-0.4, -0.2) is 16.9 Å². The predicted octanol–water partition coefficient (Wildman–Crippen LogP) is 0.315. The molecule has 5 N–H and O–H groups in total. The van der Waals surface area contributed by atoms with Crippen molar-refractivity contribution in [3.63, 3.8) is 0 Å². The number of aliphatic hydroxyl groups excluding tert-OH is 1. The van der Waals surface area contributed by atoms with Crippen LogP contribution >= 0.6 is 0 Å². The first-order chi connectivity index (χ1) is 5.56. The second-order valence-electron chi connectivity index (χ2n) is 4.67. The minimum Gasteiger partial charge on any atom is -0.378 e. The summed E-state index contributed by atoms with van der Waals surface area (Å²) in [5.41, 5.74) is 11.8. The van der Waals surface area contributed by atoms with Crippen molar-refractivity contribution in [1.82, 2.24) is 0 Å². The predicted molar refractivity (Wildman–Crippen MR) is 47.2 cm³/mol. The molecule has 0 aliphatic heterocycles. The topological polar surface area (TPSA) is 72.3 Å². The van der Waals surface area contributed by atoms with Crippen LogP contribution in [0.3, 0.4) is 0 Å². The molecule has 2 bridgehead atoms. The molecule has 12 heavy (non-hydrogen) atoms. The summed E-state index contributed by atoms with van der Waals surface area (Å²) in [4.78, 5) is 0. The van der Waals surface area contributed by atoms with E-state index < -0.39 is 6.23 Å². The Kier molecular flexibility index (Phi) is 1.72. The third kappa shape index (κ3) is 1.08. The van der Waals surface area contributed by atoms with Crippen LogP contribution in [0.2, 0.25) is 0 Å². The first-order valence-electron chi connectivity index (χ1n) is 4.79. The van der Waals surface area contributed by atoms with E-state index in [4.69, 9.17) is 11.5 Å². The lowest BCUT2D eigenvalue weighted by molar-refractivity contribution is -0.0581. The van der Waals surface area contributed by atoms with Gasteiger partial charge >= 0.3 is 0 Å². The average Bonchev–Trinajstić information content (AvgIpc) is 2.06. The number of aliphatic hydroxyl groups is 1. The van der Waals surface area contributed by atoms with Crippen LogP contribution in [0.4, 0.5) is 0 Å². The molecule has 3 aliphatic carbocycles. The van der Waals surface area contributed by atoms with Gasteiger partial charge in [0.2, 0.25) is 0 Å². The SMILES string of the molecule is NC(O)C12CCC(N)(CC1)CC2. The lowest BCUT2D eigenvalue weighted by Gasteiger charge is -2.52. The molecule has 3 fully saturated rings. The molecule has 3 nitrogen and oxygen atoms in total. The van der Waals surface area contributed by atoms with Crippen molar-refractivity contribution in [3.05, 3.63) is 0 Å². The molecule has 0 aromatic carbocycles. The molecule has 0 aromatic heterocycles. The van der Waals surface area contributed by atoms with E-state index in [1.54, 1.807) is 0 Å². The van der Waals surface area contributed by atoms with Gasteiger partial charge in [-0.05, 0) is 38.5 Å². The summed E-state index contributed by atoms with van der Waals surface area (Å²) in [7, 11) is 0. The largest absolute Gasteiger partial charge is 0.378 e. The molecule has 0 radical (unpaired) electrons. The van der Waals surface area contributed by atoms with E-state index >= 15 is 0 Å². The quantitative estimate of drug-likeness (QED) is 0.496. The van der Waals surface area contributed by atoms with Gasteiger partial charge in [0, 0.05) is 11.0 Å². The van der Waals surface area contributed by atoms with Gasteiger partial charge in [-0.1, -0.05) is 0 Å². The maximum Gasteiger partial charge on any atom is 0.108 e. The van der Waals surface area contributed by atoms with E-state index in [9.17, 15) is 5.11 Å². The summed E-state index contributed by atoms with van der Waals surface area (Å²) in [6, 6.07) is 0. The number of fused-ring (bicyclic) bond motifs is 3. The van der Waals surface area contributed by atoms with Gasteiger partial charge in [0.25, 0.3) is 0 Å². The van der Waals surface area contributed by atoms with Crippen LogP contribution in [0.15, 0.2) is 0 Å². The molecule has 0 amide bonds. The molecule has 3 aliphatic rings. The zero-order valence-corrected chi connectivity index (χ0v) is 7.42. The Balaban J connectivity index is 2.14. The van der Waals surface area contributed by atoms with Gasteiger partial charge in [0.05, 0.1) is 0 Å². The Bertz CT molecular complexity index is 166. The molecule has 0 heterocycles. The zero-order valence-electron chi connectivity index (χ0n) is 7.42. The zero-order chi connectivity index (χ0) is 8.82. The fourth-order valence-electron chi connectivity index (χ4n) is 2.69. The summed E-state index contributed by atoms with van der Waals surface area (Å²) in [5.74, 6) is 0.